The largest absolute Gasteiger partial charge is 0.489 e. The van der Waals surface area contributed by atoms with Crippen LogP contribution in [0.25, 0.3) is 0 Å². The van der Waals surface area contributed by atoms with Crippen molar-refractivity contribution in [3.05, 3.63) is 54.1 Å². The Morgan fingerprint density at radius 1 is 1.33 bits per heavy atom. The van der Waals surface area contributed by atoms with E-state index in [0.29, 0.717) is 6.54 Å². The molecule has 1 aliphatic rings. The predicted octanol–water partition coefficient (Wildman–Crippen LogP) is 2.79. The molecule has 1 aliphatic carbocycles. The van der Waals surface area contributed by atoms with Crippen LogP contribution in [0.2, 0.25) is 0 Å². The van der Waals surface area contributed by atoms with Crippen molar-refractivity contribution in [3.8, 4) is 5.75 Å². The molecule has 27 heavy (non-hydrogen) atoms. The number of rotatable bonds is 9. The minimum atomic E-state index is -0.0680. The highest BCUT2D eigenvalue weighted by Crippen LogP contribution is 2.26. The Balaban J connectivity index is 1.46. The first-order chi connectivity index (χ1) is 13.1. The molecule has 0 aliphatic heterocycles. The SMILES string of the molecule is C[C@@H](CNC(=O)C1CCC1)Oc1cccc(CN(C)Cc2cnccn2)c1. The molecule has 6 nitrogen and oxygen atoms in total. The van der Waals surface area contributed by atoms with E-state index in [9.17, 15) is 4.79 Å². The van der Waals surface area contributed by atoms with Crippen molar-refractivity contribution < 1.29 is 9.53 Å². The second-order valence-electron chi connectivity index (χ2n) is 7.32. The van der Waals surface area contributed by atoms with Crippen molar-refractivity contribution in [1.29, 1.82) is 0 Å². The van der Waals surface area contributed by atoms with E-state index in [2.05, 4.69) is 39.4 Å². The maximum atomic E-state index is 11.9. The number of carbonyl (C=O) groups is 1. The standard InChI is InChI=1S/C21H28N4O2/c1-16(12-24-21(26)18-6-4-7-18)27-20-8-3-5-17(11-20)14-25(2)15-19-13-22-9-10-23-19/h3,5,8-11,13,16,18H,4,6-7,12,14-15H2,1-2H3,(H,24,26)/t16-/m0/s1. The van der Waals surface area contributed by atoms with Crippen molar-refractivity contribution in [2.45, 2.75) is 45.4 Å². The van der Waals surface area contributed by atoms with Crippen molar-refractivity contribution in [2.24, 2.45) is 5.92 Å². The average Bonchev–Trinajstić information content (AvgIpc) is 2.59. The molecule has 6 heteroatoms. The van der Waals surface area contributed by atoms with Crippen molar-refractivity contribution in [1.82, 2.24) is 20.2 Å². The summed E-state index contributed by atoms with van der Waals surface area (Å²) >= 11 is 0. The smallest absolute Gasteiger partial charge is 0.223 e. The minimum Gasteiger partial charge on any atom is -0.489 e. The van der Waals surface area contributed by atoms with E-state index < -0.39 is 0 Å². The Kier molecular flexibility index (Phi) is 6.76. The van der Waals surface area contributed by atoms with Crippen LogP contribution in [-0.4, -0.2) is 40.5 Å². The zero-order chi connectivity index (χ0) is 19.1. The van der Waals surface area contributed by atoms with Gasteiger partial charge in [-0.3, -0.25) is 19.7 Å². The number of ether oxygens (including phenoxy) is 1. The number of aromatic nitrogens is 2. The van der Waals surface area contributed by atoms with Crippen molar-refractivity contribution in [3.63, 3.8) is 0 Å². The Hall–Kier alpha value is -2.47. The van der Waals surface area contributed by atoms with Gasteiger partial charge in [0.2, 0.25) is 5.91 Å². The number of hydrogen-bond donors (Lipinski definition) is 1. The van der Waals surface area contributed by atoms with Gasteiger partial charge in [0, 0.05) is 37.6 Å². The second-order valence-corrected chi connectivity index (χ2v) is 7.32. The molecule has 1 N–H and O–H groups in total. The molecule has 0 spiro atoms. The van der Waals surface area contributed by atoms with E-state index in [4.69, 9.17) is 4.74 Å². The van der Waals surface area contributed by atoms with Crippen molar-refractivity contribution >= 4 is 5.91 Å². The average molecular weight is 368 g/mol. The normalized spacial score (nSPS) is 15.2. The summed E-state index contributed by atoms with van der Waals surface area (Å²) in [5, 5.41) is 2.99. The Morgan fingerprint density at radius 2 is 2.19 bits per heavy atom. The number of benzene rings is 1. The molecule has 1 aromatic carbocycles. The van der Waals surface area contributed by atoms with Gasteiger partial charge in [-0.15, -0.1) is 0 Å². The van der Waals surface area contributed by atoms with E-state index in [1.807, 2.05) is 19.1 Å². The fourth-order valence-corrected chi connectivity index (χ4v) is 3.11. The molecule has 0 radical (unpaired) electrons. The highest BCUT2D eigenvalue weighted by Gasteiger charge is 2.25. The van der Waals surface area contributed by atoms with Crippen LogP contribution in [-0.2, 0) is 17.9 Å². The summed E-state index contributed by atoms with van der Waals surface area (Å²) in [5.41, 5.74) is 2.12. The van der Waals surface area contributed by atoms with Gasteiger partial charge in [-0.25, -0.2) is 0 Å². The lowest BCUT2D eigenvalue weighted by atomic mass is 9.85. The predicted molar refractivity (Wildman–Crippen MR) is 104 cm³/mol. The first kappa shape index (κ1) is 19.3. The quantitative estimate of drug-likeness (QED) is 0.737. The molecule has 1 saturated carbocycles. The van der Waals surface area contributed by atoms with Crippen LogP contribution in [0.1, 0.15) is 37.4 Å². The van der Waals surface area contributed by atoms with Gasteiger partial charge in [0.25, 0.3) is 0 Å². The summed E-state index contributed by atoms with van der Waals surface area (Å²) in [4.78, 5) is 22.5. The van der Waals surface area contributed by atoms with E-state index in [0.717, 1.165) is 37.4 Å². The third kappa shape index (κ3) is 6.03. The lowest BCUT2D eigenvalue weighted by molar-refractivity contribution is -0.127. The maximum Gasteiger partial charge on any atom is 0.223 e. The summed E-state index contributed by atoms with van der Waals surface area (Å²) < 4.78 is 5.98. The summed E-state index contributed by atoms with van der Waals surface area (Å²) in [6.07, 6.45) is 8.32. The summed E-state index contributed by atoms with van der Waals surface area (Å²) in [7, 11) is 2.06. The molecular formula is C21H28N4O2. The Morgan fingerprint density at radius 3 is 2.89 bits per heavy atom. The van der Waals surface area contributed by atoms with Crippen LogP contribution in [0.5, 0.6) is 5.75 Å². The highest BCUT2D eigenvalue weighted by molar-refractivity contribution is 5.79. The summed E-state index contributed by atoms with van der Waals surface area (Å²) in [6, 6.07) is 8.09. The van der Waals surface area contributed by atoms with Gasteiger partial charge in [0.05, 0.1) is 12.2 Å². The van der Waals surface area contributed by atoms with E-state index in [1.165, 1.54) is 12.0 Å². The number of hydrogen-bond acceptors (Lipinski definition) is 5. The molecule has 1 fully saturated rings. The fraction of sp³-hybridized carbons (Fsp3) is 0.476. The lowest BCUT2D eigenvalue weighted by Gasteiger charge is -2.25. The molecule has 144 valence electrons. The van der Waals surface area contributed by atoms with E-state index in [-0.39, 0.29) is 17.9 Å². The zero-order valence-electron chi connectivity index (χ0n) is 16.1. The second kappa shape index (κ2) is 9.46. The molecule has 1 heterocycles. The third-order valence-corrected chi connectivity index (χ3v) is 4.78. The molecule has 1 atom stereocenters. The molecule has 0 bridgehead atoms. The lowest BCUT2D eigenvalue weighted by Crippen LogP contribution is -2.39. The highest BCUT2D eigenvalue weighted by atomic mass is 16.5. The number of amides is 1. The van der Waals surface area contributed by atoms with Gasteiger partial charge in [-0.2, -0.15) is 0 Å². The molecule has 2 aromatic rings. The van der Waals surface area contributed by atoms with Crippen LogP contribution in [0.3, 0.4) is 0 Å². The third-order valence-electron chi connectivity index (χ3n) is 4.78. The molecular weight excluding hydrogens is 340 g/mol. The monoisotopic (exact) mass is 368 g/mol. The topological polar surface area (TPSA) is 67.3 Å². The van der Waals surface area contributed by atoms with E-state index >= 15 is 0 Å². The van der Waals surface area contributed by atoms with E-state index in [1.54, 1.807) is 18.6 Å². The Bertz CT molecular complexity index is 734. The number of nitrogens with zero attached hydrogens (tertiary/aromatic N) is 3. The fourth-order valence-electron chi connectivity index (χ4n) is 3.11. The maximum absolute atomic E-state index is 11.9. The van der Waals surface area contributed by atoms with Gasteiger partial charge < -0.3 is 10.1 Å². The minimum absolute atomic E-state index is 0.0680. The van der Waals surface area contributed by atoms with Crippen LogP contribution in [0.15, 0.2) is 42.9 Å². The first-order valence-corrected chi connectivity index (χ1v) is 9.57. The zero-order valence-corrected chi connectivity index (χ0v) is 16.1. The summed E-state index contributed by atoms with van der Waals surface area (Å²) in [6.45, 7) is 4.04. The van der Waals surface area contributed by atoms with Crippen LogP contribution >= 0.6 is 0 Å². The van der Waals surface area contributed by atoms with Crippen LogP contribution in [0, 0.1) is 5.92 Å². The molecule has 0 unspecified atom stereocenters. The molecule has 1 amide bonds. The molecule has 1 aromatic heterocycles. The number of nitrogens with one attached hydrogen (secondary N) is 1. The molecule has 0 saturated heterocycles. The first-order valence-electron chi connectivity index (χ1n) is 9.57. The summed E-state index contributed by atoms with van der Waals surface area (Å²) in [5.74, 6) is 1.20. The van der Waals surface area contributed by atoms with Gasteiger partial charge in [-0.1, -0.05) is 18.6 Å². The van der Waals surface area contributed by atoms with Gasteiger partial charge in [0.15, 0.2) is 0 Å². The van der Waals surface area contributed by atoms with Crippen LogP contribution < -0.4 is 10.1 Å². The molecule has 3 rings (SSSR count). The van der Waals surface area contributed by atoms with Crippen LogP contribution in [0.4, 0.5) is 0 Å². The van der Waals surface area contributed by atoms with Crippen molar-refractivity contribution in [2.75, 3.05) is 13.6 Å². The van der Waals surface area contributed by atoms with Gasteiger partial charge >= 0.3 is 0 Å². The Labute approximate surface area is 161 Å². The van der Waals surface area contributed by atoms with Gasteiger partial charge in [0.1, 0.15) is 11.9 Å². The van der Waals surface area contributed by atoms with Gasteiger partial charge in [-0.05, 0) is 44.5 Å². The number of carbonyl (C=O) groups excluding carboxylic acids is 1.